The van der Waals surface area contributed by atoms with E-state index >= 15 is 0 Å². The van der Waals surface area contributed by atoms with Gasteiger partial charge in [-0.1, -0.05) is 11.6 Å². The molecule has 1 fully saturated rings. The zero-order chi connectivity index (χ0) is 10.8. The first-order chi connectivity index (χ1) is 7.26. The lowest BCUT2D eigenvalue weighted by Gasteiger charge is -2.24. The Morgan fingerprint density at radius 3 is 2.73 bits per heavy atom. The van der Waals surface area contributed by atoms with E-state index in [1.54, 1.807) is 18.4 Å². The number of halogens is 1. The lowest BCUT2D eigenvalue weighted by molar-refractivity contribution is 0.0517. The minimum absolute atomic E-state index is 0.0556. The van der Waals surface area contributed by atoms with E-state index in [9.17, 15) is 0 Å². The Hall–Kier alpha value is -0.130. The first-order valence-electron chi connectivity index (χ1n) is 5.00. The van der Waals surface area contributed by atoms with Gasteiger partial charge in [-0.3, -0.25) is 5.84 Å². The van der Waals surface area contributed by atoms with Crippen molar-refractivity contribution < 1.29 is 4.74 Å². The number of ether oxygens (including phenoxy) is 1. The maximum Gasteiger partial charge on any atom is 0.0931 e. The standard InChI is InChI=1S/C10H15ClN2OS/c1-14-10(6-2-3-6)9(13-12)7-4-5-8(11)15-7/h4-6,9-10,13H,2-3,12H2,1H3. The molecule has 5 heteroatoms. The van der Waals surface area contributed by atoms with Crippen molar-refractivity contribution in [1.82, 2.24) is 5.43 Å². The highest BCUT2D eigenvalue weighted by Gasteiger charge is 2.37. The highest BCUT2D eigenvalue weighted by atomic mass is 35.5. The van der Waals surface area contributed by atoms with E-state index in [1.165, 1.54) is 12.8 Å². The maximum atomic E-state index is 5.91. The Morgan fingerprint density at radius 1 is 1.60 bits per heavy atom. The van der Waals surface area contributed by atoms with E-state index in [-0.39, 0.29) is 12.1 Å². The van der Waals surface area contributed by atoms with Crippen molar-refractivity contribution in [2.24, 2.45) is 11.8 Å². The Kier molecular flexibility index (Phi) is 3.64. The number of nitrogens with two attached hydrogens (primary N) is 1. The molecule has 2 unspecified atom stereocenters. The molecule has 0 amide bonds. The molecule has 0 saturated heterocycles. The maximum absolute atomic E-state index is 5.91. The van der Waals surface area contributed by atoms with Crippen molar-refractivity contribution in [2.45, 2.75) is 25.0 Å². The van der Waals surface area contributed by atoms with Gasteiger partial charge in [-0.15, -0.1) is 11.3 Å². The molecule has 84 valence electrons. The molecule has 1 aromatic heterocycles. The van der Waals surface area contributed by atoms with E-state index < -0.39 is 0 Å². The van der Waals surface area contributed by atoms with E-state index in [0.717, 1.165) is 9.21 Å². The molecule has 0 bridgehead atoms. The largest absolute Gasteiger partial charge is 0.379 e. The molecule has 15 heavy (non-hydrogen) atoms. The van der Waals surface area contributed by atoms with E-state index in [0.29, 0.717) is 5.92 Å². The molecule has 0 spiro atoms. The van der Waals surface area contributed by atoms with Gasteiger partial charge in [0.2, 0.25) is 0 Å². The molecule has 1 aromatic rings. The second-order valence-electron chi connectivity index (χ2n) is 3.82. The second-order valence-corrected chi connectivity index (χ2v) is 5.57. The summed E-state index contributed by atoms with van der Waals surface area (Å²) in [7, 11) is 1.74. The number of hydrogen-bond donors (Lipinski definition) is 2. The van der Waals surface area contributed by atoms with Gasteiger partial charge in [0.1, 0.15) is 0 Å². The fraction of sp³-hybridized carbons (Fsp3) is 0.600. The van der Waals surface area contributed by atoms with E-state index in [4.69, 9.17) is 22.2 Å². The van der Waals surface area contributed by atoms with Crippen LogP contribution < -0.4 is 11.3 Å². The average Bonchev–Trinajstić information content (AvgIpc) is 2.98. The van der Waals surface area contributed by atoms with Gasteiger partial charge in [0.25, 0.3) is 0 Å². The molecule has 3 nitrogen and oxygen atoms in total. The fourth-order valence-electron chi connectivity index (χ4n) is 1.86. The van der Waals surface area contributed by atoms with Gasteiger partial charge in [-0.2, -0.15) is 0 Å². The average molecular weight is 247 g/mol. The molecule has 1 aliphatic rings. The highest BCUT2D eigenvalue weighted by Crippen LogP contribution is 2.41. The van der Waals surface area contributed by atoms with Crippen LogP contribution in [0.4, 0.5) is 0 Å². The molecule has 2 atom stereocenters. The summed E-state index contributed by atoms with van der Waals surface area (Å²) in [5, 5.41) is 0. The number of hydrazine groups is 1. The minimum Gasteiger partial charge on any atom is -0.379 e. The number of hydrogen-bond acceptors (Lipinski definition) is 4. The van der Waals surface area contributed by atoms with Crippen LogP contribution in [0.2, 0.25) is 4.34 Å². The number of rotatable bonds is 5. The van der Waals surface area contributed by atoms with Crippen LogP contribution in [0.1, 0.15) is 23.8 Å². The monoisotopic (exact) mass is 246 g/mol. The molecule has 0 aromatic carbocycles. The van der Waals surface area contributed by atoms with Gasteiger partial charge < -0.3 is 4.74 Å². The summed E-state index contributed by atoms with van der Waals surface area (Å²) >= 11 is 7.47. The Morgan fingerprint density at radius 2 is 2.33 bits per heavy atom. The zero-order valence-corrected chi connectivity index (χ0v) is 10.1. The third-order valence-corrected chi connectivity index (χ3v) is 4.08. The smallest absolute Gasteiger partial charge is 0.0931 e. The Bertz CT molecular complexity index is 327. The van der Waals surface area contributed by atoms with E-state index in [1.807, 2.05) is 12.1 Å². The normalized spacial score (nSPS) is 20.2. The van der Waals surface area contributed by atoms with Crippen LogP contribution in [0.5, 0.6) is 0 Å². The molecular formula is C10H15ClN2OS. The van der Waals surface area contributed by atoms with Crippen LogP contribution in [0.3, 0.4) is 0 Å². The molecule has 1 aliphatic carbocycles. The van der Waals surface area contributed by atoms with Crippen LogP contribution in [0, 0.1) is 5.92 Å². The van der Waals surface area contributed by atoms with E-state index in [2.05, 4.69) is 5.43 Å². The van der Waals surface area contributed by atoms with Crippen molar-refractivity contribution in [2.75, 3.05) is 7.11 Å². The fourth-order valence-corrected chi connectivity index (χ4v) is 3.02. The van der Waals surface area contributed by atoms with Crippen LogP contribution >= 0.6 is 22.9 Å². The summed E-state index contributed by atoms with van der Waals surface area (Å²) < 4.78 is 6.30. The van der Waals surface area contributed by atoms with Gasteiger partial charge in [0.05, 0.1) is 16.5 Å². The molecular weight excluding hydrogens is 232 g/mol. The van der Waals surface area contributed by atoms with Crippen molar-refractivity contribution in [3.63, 3.8) is 0 Å². The summed E-state index contributed by atoms with van der Waals surface area (Å²) in [5.41, 5.74) is 2.83. The molecule has 3 N–H and O–H groups in total. The predicted octanol–water partition coefficient (Wildman–Crippen LogP) is 2.33. The Labute approximate surface area is 98.5 Å². The molecule has 1 saturated carbocycles. The van der Waals surface area contributed by atoms with Crippen LogP contribution in [0.25, 0.3) is 0 Å². The lowest BCUT2D eigenvalue weighted by Crippen LogP contribution is -2.38. The lowest BCUT2D eigenvalue weighted by atomic mass is 10.1. The molecule has 1 heterocycles. The van der Waals surface area contributed by atoms with Gasteiger partial charge in [-0.25, -0.2) is 5.43 Å². The number of nitrogens with one attached hydrogen (secondary N) is 1. The Balaban J connectivity index is 2.14. The van der Waals surface area contributed by atoms with Gasteiger partial charge >= 0.3 is 0 Å². The first kappa shape index (κ1) is 11.4. The summed E-state index contributed by atoms with van der Waals surface area (Å²) in [6, 6.07) is 3.96. The topological polar surface area (TPSA) is 47.3 Å². The summed E-state index contributed by atoms with van der Waals surface area (Å²) in [5.74, 6) is 6.23. The van der Waals surface area contributed by atoms with Crippen LogP contribution in [-0.4, -0.2) is 13.2 Å². The number of methoxy groups -OCH3 is 1. The quantitative estimate of drug-likeness (QED) is 0.619. The third-order valence-electron chi connectivity index (χ3n) is 2.77. The number of thiophene rings is 1. The predicted molar refractivity (Wildman–Crippen MR) is 62.9 cm³/mol. The van der Waals surface area contributed by atoms with Crippen LogP contribution in [0.15, 0.2) is 12.1 Å². The zero-order valence-electron chi connectivity index (χ0n) is 8.57. The summed E-state index contributed by atoms with van der Waals surface area (Å²) in [6.45, 7) is 0. The van der Waals surface area contributed by atoms with Crippen molar-refractivity contribution >= 4 is 22.9 Å². The minimum atomic E-state index is 0.0556. The third kappa shape index (κ3) is 2.52. The summed E-state index contributed by atoms with van der Waals surface area (Å²) in [4.78, 5) is 1.14. The van der Waals surface area contributed by atoms with Gasteiger partial charge in [0.15, 0.2) is 0 Å². The first-order valence-corrected chi connectivity index (χ1v) is 6.20. The molecule has 2 rings (SSSR count). The van der Waals surface area contributed by atoms with Crippen LogP contribution in [-0.2, 0) is 4.74 Å². The molecule has 0 aliphatic heterocycles. The van der Waals surface area contributed by atoms with Gasteiger partial charge in [0, 0.05) is 12.0 Å². The SMILES string of the molecule is COC(C1CC1)C(NN)c1ccc(Cl)s1. The molecule has 0 radical (unpaired) electrons. The van der Waals surface area contributed by atoms with Crippen molar-refractivity contribution in [3.05, 3.63) is 21.3 Å². The highest BCUT2D eigenvalue weighted by molar-refractivity contribution is 7.16. The van der Waals surface area contributed by atoms with Crippen molar-refractivity contribution in [1.29, 1.82) is 0 Å². The summed E-state index contributed by atoms with van der Waals surface area (Å²) in [6.07, 6.45) is 2.62. The van der Waals surface area contributed by atoms with Gasteiger partial charge in [-0.05, 0) is 30.9 Å². The second kappa shape index (κ2) is 4.80. The van der Waals surface area contributed by atoms with Crippen molar-refractivity contribution in [3.8, 4) is 0 Å².